The van der Waals surface area contributed by atoms with Crippen LogP contribution in [0.1, 0.15) is 11.1 Å². The van der Waals surface area contributed by atoms with Crippen molar-refractivity contribution in [3.05, 3.63) is 95.0 Å². The second kappa shape index (κ2) is 7.58. The van der Waals surface area contributed by atoms with Gasteiger partial charge in [-0.1, -0.05) is 24.2 Å². The van der Waals surface area contributed by atoms with Crippen LogP contribution in [0.4, 0.5) is 14.5 Å². The molecule has 0 radical (unpaired) electrons. The summed E-state index contributed by atoms with van der Waals surface area (Å²) in [6.07, 6.45) is 0. The zero-order valence-corrected chi connectivity index (χ0v) is 14.8. The van der Waals surface area contributed by atoms with Gasteiger partial charge in [0.15, 0.2) is 0 Å². The zero-order valence-electron chi connectivity index (χ0n) is 14.0. The van der Waals surface area contributed by atoms with Gasteiger partial charge in [0.1, 0.15) is 23.1 Å². The summed E-state index contributed by atoms with van der Waals surface area (Å²) in [5, 5.41) is 3.55. The molecule has 0 fully saturated rings. The van der Waals surface area contributed by atoms with Crippen LogP contribution in [-0.2, 0) is 0 Å². The highest BCUT2D eigenvalue weighted by Gasteiger charge is 2.12. The van der Waals surface area contributed by atoms with Gasteiger partial charge in [0, 0.05) is 16.4 Å². The van der Waals surface area contributed by atoms with E-state index in [0.717, 1.165) is 5.56 Å². The van der Waals surface area contributed by atoms with Crippen LogP contribution in [0.3, 0.4) is 0 Å². The van der Waals surface area contributed by atoms with Crippen molar-refractivity contribution < 1.29 is 13.5 Å². The summed E-state index contributed by atoms with van der Waals surface area (Å²) >= 11 is 5.94. The smallest absolute Gasteiger partial charge is 0.135 e. The molecular weight excluding hydrogens is 356 g/mol. The van der Waals surface area contributed by atoms with Crippen molar-refractivity contribution in [1.82, 2.24) is 0 Å². The third-order valence-electron chi connectivity index (χ3n) is 3.78. The number of aryl methyl sites for hydroxylation is 1. The Kier molecular flexibility index (Phi) is 5.24. The van der Waals surface area contributed by atoms with E-state index < -0.39 is 11.6 Å². The second-order valence-corrected chi connectivity index (χ2v) is 6.17. The van der Waals surface area contributed by atoms with E-state index in [4.69, 9.17) is 16.3 Å². The fourth-order valence-corrected chi connectivity index (χ4v) is 2.71. The standard InChI is InChI=1S/C21H16ClF2NO/c1-13-12-15(22)6-11-20(13)26-17-9-7-16(8-10-17)25-14(2)21-18(23)4-3-5-19(21)24/h3-12,25H,2H2,1H3. The lowest BCUT2D eigenvalue weighted by atomic mass is 10.1. The first-order valence-electron chi connectivity index (χ1n) is 7.88. The highest BCUT2D eigenvalue weighted by Crippen LogP contribution is 2.29. The van der Waals surface area contributed by atoms with Crippen LogP contribution in [-0.4, -0.2) is 0 Å². The van der Waals surface area contributed by atoms with Gasteiger partial charge >= 0.3 is 0 Å². The Morgan fingerprint density at radius 1 is 1.00 bits per heavy atom. The summed E-state index contributed by atoms with van der Waals surface area (Å²) in [6, 6.07) is 16.1. The number of hydrogen-bond donors (Lipinski definition) is 1. The molecule has 0 bridgehead atoms. The Labute approximate surface area is 155 Å². The van der Waals surface area contributed by atoms with Gasteiger partial charge in [-0.2, -0.15) is 0 Å². The first-order valence-corrected chi connectivity index (χ1v) is 8.26. The molecule has 1 N–H and O–H groups in total. The zero-order chi connectivity index (χ0) is 18.7. The van der Waals surface area contributed by atoms with Gasteiger partial charge in [-0.25, -0.2) is 8.78 Å². The van der Waals surface area contributed by atoms with Crippen LogP contribution in [0.25, 0.3) is 5.70 Å². The maximum Gasteiger partial charge on any atom is 0.135 e. The monoisotopic (exact) mass is 371 g/mol. The summed E-state index contributed by atoms with van der Waals surface area (Å²) in [5.74, 6) is -0.00191. The van der Waals surface area contributed by atoms with Crippen molar-refractivity contribution in [2.24, 2.45) is 0 Å². The lowest BCUT2D eigenvalue weighted by Crippen LogP contribution is -2.02. The molecule has 3 aromatic carbocycles. The Bertz CT molecular complexity index is 934. The third kappa shape index (κ3) is 4.03. The molecule has 0 spiro atoms. The molecule has 0 atom stereocenters. The Morgan fingerprint density at radius 3 is 2.27 bits per heavy atom. The Hall–Kier alpha value is -2.85. The number of benzene rings is 3. The number of ether oxygens (including phenoxy) is 1. The van der Waals surface area contributed by atoms with E-state index in [2.05, 4.69) is 11.9 Å². The molecule has 0 aliphatic carbocycles. The molecule has 2 nitrogen and oxygen atoms in total. The van der Waals surface area contributed by atoms with Crippen LogP contribution >= 0.6 is 11.6 Å². The van der Waals surface area contributed by atoms with Gasteiger partial charge < -0.3 is 10.1 Å². The molecule has 3 rings (SSSR count). The van der Waals surface area contributed by atoms with Gasteiger partial charge in [-0.3, -0.25) is 0 Å². The molecule has 26 heavy (non-hydrogen) atoms. The van der Waals surface area contributed by atoms with Gasteiger partial charge in [-0.05, 0) is 67.1 Å². The molecule has 0 aromatic heterocycles. The van der Waals surface area contributed by atoms with E-state index in [-0.39, 0.29) is 11.3 Å². The first-order chi connectivity index (χ1) is 12.4. The normalized spacial score (nSPS) is 10.5. The number of halogens is 3. The van der Waals surface area contributed by atoms with Crippen molar-refractivity contribution in [2.45, 2.75) is 6.92 Å². The molecule has 5 heteroatoms. The molecule has 0 heterocycles. The maximum absolute atomic E-state index is 13.8. The molecule has 0 amide bonds. The van der Waals surface area contributed by atoms with Crippen LogP contribution in [0.5, 0.6) is 11.5 Å². The third-order valence-corrected chi connectivity index (χ3v) is 4.01. The minimum Gasteiger partial charge on any atom is -0.457 e. The molecular formula is C21H16ClF2NO. The maximum atomic E-state index is 13.8. The first kappa shape index (κ1) is 18.0. The molecule has 0 aliphatic rings. The van der Waals surface area contributed by atoms with Crippen molar-refractivity contribution in [3.8, 4) is 11.5 Å². The number of anilines is 1. The van der Waals surface area contributed by atoms with Crippen LogP contribution in [0, 0.1) is 18.6 Å². The van der Waals surface area contributed by atoms with E-state index in [1.54, 1.807) is 36.4 Å². The quantitative estimate of drug-likeness (QED) is 0.532. The summed E-state index contributed by atoms with van der Waals surface area (Å²) in [5.41, 5.74) is 1.52. The molecule has 3 aromatic rings. The predicted octanol–water partition coefficient (Wildman–Crippen LogP) is 6.80. The predicted molar refractivity (Wildman–Crippen MR) is 102 cm³/mol. The van der Waals surface area contributed by atoms with Crippen molar-refractivity contribution in [2.75, 3.05) is 5.32 Å². The van der Waals surface area contributed by atoms with E-state index >= 15 is 0 Å². The van der Waals surface area contributed by atoms with Crippen LogP contribution in [0.15, 0.2) is 67.2 Å². The summed E-state index contributed by atoms with van der Waals surface area (Å²) in [6.45, 7) is 5.62. The summed E-state index contributed by atoms with van der Waals surface area (Å²) in [4.78, 5) is 0. The fourth-order valence-electron chi connectivity index (χ4n) is 2.48. The average Bonchev–Trinajstić information content (AvgIpc) is 2.59. The Balaban J connectivity index is 1.72. The van der Waals surface area contributed by atoms with Gasteiger partial charge in [0.2, 0.25) is 0 Å². The van der Waals surface area contributed by atoms with E-state index in [1.165, 1.54) is 18.2 Å². The average molecular weight is 372 g/mol. The van der Waals surface area contributed by atoms with E-state index in [0.29, 0.717) is 22.2 Å². The van der Waals surface area contributed by atoms with E-state index in [1.807, 2.05) is 13.0 Å². The van der Waals surface area contributed by atoms with Crippen LogP contribution in [0.2, 0.25) is 5.02 Å². The van der Waals surface area contributed by atoms with Gasteiger partial charge in [0.25, 0.3) is 0 Å². The minimum atomic E-state index is -0.666. The SMILES string of the molecule is C=C(Nc1ccc(Oc2ccc(Cl)cc2C)cc1)c1c(F)cccc1F. The van der Waals surface area contributed by atoms with E-state index in [9.17, 15) is 8.78 Å². The number of rotatable bonds is 5. The van der Waals surface area contributed by atoms with Crippen molar-refractivity contribution >= 4 is 23.0 Å². The molecule has 0 unspecified atom stereocenters. The minimum absolute atomic E-state index is 0.141. The molecule has 0 aliphatic heterocycles. The van der Waals surface area contributed by atoms with Crippen molar-refractivity contribution in [1.29, 1.82) is 0 Å². The fraction of sp³-hybridized carbons (Fsp3) is 0.0476. The van der Waals surface area contributed by atoms with Crippen molar-refractivity contribution in [3.63, 3.8) is 0 Å². The van der Waals surface area contributed by atoms with Crippen LogP contribution < -0.4 is 10.1 Å². The topological polar surface area (TPSA) is 21.3 Å². The highest BCUT2D eigenvalue weighted by molar-refractivity contribution is 6.30. The lowest BCUT2D eigenvalue weighted by molar-refractivity contribution is 0.479. The number of nitrogens with one attached hydrogen (secondary N) is 1. The summed E-state index contributed by atoms with van der Waals surface area (Å²) < 4.78 is 33.4. The second-order valence-electron chi connectivity index (χ2n) is 5.74. The highest BCUT2D eigenvalue weighted by atomic mass is 35.5. The molecule has 0 saturated heterocycles. The van der Waals surface area contributed by atoms with Gasteiger partial charge in [0.05, 0.1) is 5.56 Å². The molecule has 0 saturated carbocycles. The Morgan fingerprint density at radius 2 is 1.65 bits per heavy atom. The number of hydrogen-bond acceptors (Lipinski definition) is 2. The summed E-state index contributed by atoms with van der Waals surface area (Å²) in [7, 11) is 0. The largest absolute Gasteiger partial charge is 0.457 e. The lowest BCUT2D eigenvalue weighted by Gasteiger charge is -2.13. The molecule has 132 valence electrons. The van der Waals surface area contributed by atoms with Gasteiger partial charge in [-0.15, -0.1) is 0 Å².